The van der Waals surface area contributed by atoms with E-state index in [0.717, 1.165) is 11.1 Å². The summed E-state index contributed by atoms with van der Waals surface area (Å²) in [7, 11) is 0. The number of nitrogens with one attached hydrogen (secondary N) is 3. The lowest BCUT2D eigenvalue weighted by molar-refractivity contribution is -0.116. The van der Waals surface area contributed by atoms with Crippen molar-refractivity contribution in [3.8, 4) is 11.1 Å². The zero-order valence-corrected chi connectivity index (χ0v) is 16.5. The first-order valence-corrected chi connectivity index (χ1v) is 9.72. The van der Waals surface area contributed by atoms with Gasteiger partial charge in [0.15, 0.2) is 0 Å². The summed E-state index contributed by atoms with van der Waals surface area (Å²) in [6.07, 6.45) is 5.44. The first kappa shape index (κ1) is 20.3. The summed E-state index contributed by atoms with van der Waals surface area (Å²) in [5, 5.41) is 12.2. The molecule has 0 spiro atoms. The quantitative estimate of drug-likeness (QED) is 0.368. The predicted molar refractivity (Wildman–Crippen MR) is 113 cm³/mol. The second-order valence-corrected chi connectivity index (χ2v) is 6.97. The van der Waals surface area contributed by atoms with Crippen molar-refractivity contribution in [2.75, 3.05) is 10.6 Å². The van der Waals surface area contributed by atoms with E-state index >= 15 is 0 Å². The summed E-state index contributed by atoms with van der Waals surface area (Å²) in [4.78, 5) is 12.1. The number of aryl methyl sites for hydroxylation is 1. The van der Waals surface area contributed by atoms with Gasteiger partial charge in [-0.15, -0.1) is 0 Å². The minimum Gasteiger partial charge on any atom is -0.469 e. The number of aromatic amines is 1. The lowest BCUT2D eigenvalue weighted by atomic mass is 10.1. The molecule has 4 rings (SSSR count). The van der Waals surface area contributed by atoms with Gasteiger partial charge in [-0.25, -0.2) is 8.78 Å². The van der Waals surface area contributed by atoms with E-state index in [2.05, 4.69) is 20.8 Å². The topological polar surface area (TPSA) is 82.9 Å². The Morgan fingerprint density at radius 3 is 2.71 bits per heavy atom. The molecule has 2 heterocycles. The molecular weight excluding hydrogens is 402 g/mol. The minimum absolute atomic E-state index is 0.0604. The van der Waals surface area contributed by atoms with E-state index in [1.165, 1.54) is 30.5 Å². The van der Waals surface area contributed by atoms with E-state index in [1.54, 1.807) is 36.7 Å². The molecule has 0 radical (unpaired) electrons. The molecular formula is C23H20F2N4O2. The Hall–Kier alpha value is -3.94. The first-order chi connectivity index (χ1) is 15.1. The molecule has 0 aliphatic rings. The highest BCUT2D eigenvalue weighted by atomic mass is 19.1. The molecule has 1 amide bonds. The van der Waals surface area contributed by atoms with E-state index in [4.69, 9.17) is 4.42 Å². The van der Waals surface area contributed by atoms with Crippen LogP contribution in [0.5, 0.6) is 0 Å². The van der Waals surface area contributed by atoms with Gasteiger partial charge in [0.1, 0.15) is 17.4 Å². The van der Waals surface area contributed by atoms with Crippen molar-refractivity contribution in [2.45, 2.75) is 19.4 Å². The molecule has 8 heteroatoms. The van der Waals surface area contributed by atoms with Crippen LogP contribution in [0.3, 0.4) is 0 Å². The van der Waals surface area contributed by atoms with Crippen LogP contribution in [-0.4, -0.2) is 16.1 Å². The number of hydrogen-bond acceptors (Lipinski definition) is 4. The highest BCUT2D eigenvalue weighted by Crippen LogP contribution is 2.23. The zero-order valence-electron chi connectivity index (χ0n) is 16.5. The highest BCUT2D eigenvalue weighted by Gasteiger charge is 2.10. The number of furan rings is 1. The van der Waals surface area contributed by atoms with Crippen molar-refractivity contribution >= 4 is 17.3 Å². The van der Waals surface area contributed by atoms with Crippen LogP contribution < -0.4 is 10.6 Å². The van der Waals surface area contributed by atoms with Crippen molar-refractivity contribution in [1.82, 2.24) is 10.2 Å². The summed E-state index contributed by atoms with van der Waals surface area (Å²) >= 11 is 0. The normalized spacial score (nSPS) is 10.8. The summed E-state index contributed by atoms with van der Waals surface area (Å²) in [5.74, 6) is -0.549. The SMILES string of the molecule is O=C(CCc1ccco1)Nc1cc(NCc2ccc(-c3cn[nH]c3)cc2F)ccc1F. The molecule has 2 aromatic carbocycles. The van der Waals surface area contributed by atoms with Crippen LogP contribution >= 0.6 is 0 Å². The fourth-order valence-electron chi connectivity index (χ4n) is 3.11. The van der Waals surface area contributed by atoms with Gasteiger partial charge in [-0.2, -0.15) is 5.10 Å². The molecule has 0 unspecified atom stereocenters. The lowest BCUT2D eigenvalue weighted by Crippen LogP contribution is -2.13. The maximum atomic E-state index is 14.5. The Morgan fingerprint density at radius 1 is 1.06 bits per heavy atom. The standard InChI is InChI=1S/C23H20F2N4O2/c24-20-7-5-18(11-22(20)29-23(30)8-6-19-2-1-9-31-19)26-12-16-4-3-15(10-21(16)25)17-13-27-28-14-17/h1-5,7,9-11,13-14,26H,6,8,12H2,(H,27,28)(H,29,30). The van der Waals surface area contributed by atoms with Gasteiger partial charge in [0.05, 0.1) is 18.1 Å². The lowest BCUT2D eigenvalue weighted by Gasteiger charge is -2.11. The molecule has 0 atom stereocenters. The number of halogens is 2. The molecule has 0 saturated heterocycles. The van der Waals surface area contributed by atoms with Crippen molar-refractivity contribution in [3.63, 3.8) is 0 Å². The first-order valence-electron chi connectivity index (χ1n) is 9.72. The van der Waals surface area contributed by atoms with Crippen molar-refractivity contribution in [3.05, 3.63) is 90.1 Å². The monoisotopic (exact) mass is 422 g/mol. The molecule has 4 aromatic rings. The molecule has 6 nitrogen and oxygen atoms in total. The van der Waals surface area contributed by atoms with Crippen LogP contribution in [-0.2, 0) is 17.8 Å². The van der Waals surface area contributed by atoms with Crippen LogP contribution in [0.15, 0.2) is 71.6 Å². The average molecular weight is 422 g/mol. The van der Waals surface area contributed by atoms with Crippen molar-refractivity contribution < 1.29 is 18.0 Å². The molecule has 158 valence electrons. The fourth-order valence-corrected chi connectivity index (χ4v) is 3.11. The van der Waals surface area contributed by atoms with Crippen LogP contribution in [0, 0.1) is 11.6 Å². The molecule has 0 bridgehead atoms. The smallest absolute Gasteiger partial charge is 0.224 e. The highest BCUT2D eigenvalue weighted by molar-refractivity contribution is 5.91. The van der Waals surface area contributed by atoms with E-state index in [-0.39, 0.29) is 30.4 Å². The summed E-state index contributed by atoms with van der Waals surface area (Å²) in [6.45, 7) is 0.203. The Balaban J connectivity index is 1.37. The number of benzene rings is 2. The molecule has 0 aliphatic heterocycles. The number of anilines is 2. The number of carbonyl (C=O) groups is 1. The van der Waals surface area contributed by atoms with Gasteiger partial charge >= 0.3 is 0 Å². The van der Waals surface area contributed by atoms with Crippen LogP contribution in [0.4, 0.5) is 20.2 Å². The van der Waals surface area contributed by atoms with Crippen LogP contribution in [0.1, 0.15) is 17.7 Å². The summed E-state index contributed by atoms with van der Waals surface area (Å²) in [5.41, 5.74) is 2.59. The second-order valence-electron chi connectivity index (χ2n) is 6.97. The Morgan fingerprint density at radius 2 is 1.97 bits per heavy atom. The largest absolute Gasteiger partial charge is 0.469 e. The average Bonchev–Trinajstić information content (AvgIpc) is 3.48. The second kappa shape index (κ2) is 9.25. The van der Waals surface area contributed by atoms with Gasteiger partial charge in [0.25, 0.3) is 0 Å². The Bertz CT molecular complexity index is 1160. The Labute approximate surface area is 177 Å². The van der Waals surface area contributed by atoms with E-state index in [0.29, 0.717) is 23.4 Å². The predicted octanol–water partition coefficient (Wildman–Crippen LogP) is 5.13. The van der Waals surface area contributed by atoms with Gasteiger partial charge in [0, 0.05) is 42.4 Å². The fraction of sp³-hybridized carbons (Fsp3) is 0.130. The maximum absolute atomic E-state index is 14.5. The zero-order chi connectivity index (χ0) is 21.6. The number of H-pyrrole nitrogens is 1. The summed E-state index contributed by atoms with van der Waals surface area (Å²) in [6, 6.07) is 12.7. The van der Waals surface area contributed by atoms with E-state index in [9.17, 15) is 13.6 Å². The van der Waals surface area contributed by atoms with E-state index < -0.39 is 5.82 Å². The van der Waals surface area contributed by atoms with Crippen molar-refractivity contribution in [1.29, 1.82) is 0 Å². The number of rotatable bonds is 8. The number of hydrogen-bond donors (Lipinski definition) is 3. The molecule has 3 N–H and O–H groups in total. The molecule has 31 heavy (non-hydrogen) atoms. The molecule has 0 saturated carbocycles. The summed E-state index contributed by atoms with van der Waals surface area (Å²) < 4.78 is 33.8. The van der Waals surface area contributed by atoms with Gasteiger partial charge in [-0.3, -0.25) is 9.89 Å². The van der Waals surface area contributed by atoms with Gasteiger partial charge in [-0.05, 0) is 42.0 Å². The van der Waals surface area contributed by atoms with Gasteiger partial charge in [-0.1, -0.05) is 12.1 Å². The molecule has 0 aliphatic carbocycles. The van der Waals surface area contributed by atoms with Crippen LogP contribution in [0.2, 0.25) is 0 Å². The number of aromatic nitrogens is 2. The van der Waals surface area contributed by atoms with E-state index in [1.807, 2.05) is 0 Å². The number of carbonyl (C=O) groups excluding carboxylic acids is 1. The van der Waals surface area contributed by atoms with Gasteiger partial charge in [0.2, 0.25) is 5.91 Å². The molecule has 2 aromatic heterocycles. The molecule has 0 fully saturated rings. The Kier molecular flexibility index (Phi) is 6.07. The minimum atomic E-state index is -0.549. The third-order valence-corrected chi connectivity index (χ3v) is 4.79. The number of amides is 1. The number of nitrogens with zero attached hydrogens (tertiary/aromatic N) is 1. The van der Waals surface area contributed by atoms with Crippen LogP contribution in [0.25, 0.3) is 11.1 Å². The van der Waals surface area contributed by atoms with Crippen molar-refractivity contribution in [2.24, 2.45) is 0 Å². The maximum Gasteiger partial charge on any atom is 0.224 e. The third-order valence-electron chi connectivity index (χ3n) is 4.79. The third kappa shape index (κ3) is 5.16. The van der Waals surface area contributed by atoms with Gasteiger partial charge < -0.3 is 15.1 Å².